The Morgan fingerprint density at radius 2 is 1.88 bits per heavy atom. The number of rotatable bonds is 8. The Morgan fingerprint density at radius 1 is 1.27 bits per heavy atom. The maximum Gasteiger partial charge on any atom is 0.355 e. The van der Waals surface area contributed by atoms with Crippen LogP contribution >= 0.6 is 11.6 Å². The summed E-state index contributed by atoms with van der Waals surface area (Å²) in [5, 5.41) is -0.666. The Bertz CT molecular complexity index is 720. The summed E-state index contributed by atoms with van der Waals surface area (Å²) in [6.45, 7) is 9.67. The summed E-state index contributed by atoms with van der Waals surface area (Å²) in [7, 11) is 0. The van der Waals surface area contributed by atoms with E-state index in [9.17, 15) is 14.4 Å². The second-order valence-electron chi connectivity index (χ2n) is 6.64. The molecule has 7 heteroatoms. The molecule has 0 N–H and O–H groups in total. The SMILES string of the molecule is CCOC(=O)c1c(C)c(C(=O)CN(C(=O)[C@@H](C)Cl)C2CC2)c(C)n1CC. The Labute approximate surface area is 159 Å². The zero-order valence-electron chi connectivity index (χ0n) is 16.1. The molecule has 0 spiro atoms. The normalized spacial score (nSPS) is 14.8. The Balaban J connectivity index is 2.36. The number of hydrogen-bond acceptors (Lipinski definition) is 4. The van der Waals surface area contributed by atoms with Gasteiger partial charge in [-0.15, -0.1) is 11.6 Å². The summed E-state index contributed by atoms with van der Waals surface area (Å²) in [5.41, 5.74) is 2.23. The number of halogens is 1. The molecule has 1 saturated carbocycles. The number of ether oxygens (including phenoxy) is 1. The zero-order chi connectivity index (χ0) is 19.6. The molecule has 0 bridgehead atoms. The lowest BCUT2D eigenvalue weighted by Crippen LogP contribution is -2.41. The first-order valence-corrected chi connectivity index (χ1v) is 9.52. The average Bonchev–Trinajstić information content (AvgIpc) is 3.37. The summed E-state index contributed by atoms with van der Waals surface area (Å²) in [4.78, 5) is 39.3. The fourth-order valence-corrected chi connectivity index (χ4v) is 3.52. The van der Waals surface area contributed by atoms with Crippen LogP contribution in [0.4, 0.5) is 0 Å². The maximum absolute atomic E-state index is 13.0. The number of esters is 1. The Kier molecular flexibility index (Phi) is 6.50. The number of amides is 1. The smallest absolute Gasteiger partial charge is 0.355 e. The van der Waals surface area contributed by atoms with Crippen molar-refractivity contribution in [2.75, 3.05) is 13.2 Å². The van der Waals surface area contributed by atoms with Crippen LogP contribution < -0.4 is 0 Å². The number of hydrogen-bond donors (Lipinski definition) is 0. The van der Waals surface area contributed by atoms with E-state index in [2.05, 4.69) is 0 Å². The lowest BCUT2D eigenvalue weighted by Gasteiger charge is -2.23. The van der Waals surface area contributed by atoms with Gasteiger partial charge in [0.15, 0.2) is 5.78 Å². The van der Waals surface area contributed by atoms with Crippen molar-refractivity contribution in [2.45, 2.75) is 65.4 Å². The van der Waals surface area contributed by atoms with Gasteiger partial charge >= 0.3 is 5.97 Å². The summed E-state index contributed by atoms with van der Waals surface area (Å²) in [5.74, 6) is -0.827. The lowest BCUT2D eigenvalue weighted by molar-refractivity contribution is -0.130. The molecule has 1 fully saturated rings. The molecule has 0 aromatic carbocycles. The van der Waals surface area contributed by atoms with Crippen LogP contribution in [0.2, 0.25) is 0 Å². The van der Waals surface area contributed by atoms with Gasteiger partial charge in [-0.3, -0.25) is 9.59 Å². The van der Waals surface area contributed by atoms with Crippen LogP contribution in [0.3, 0.4) is 0 Å². The summed E-state index contributed by atoms with van der Waals surface area (Å²) in [6.07, 6.45) is 1.79. The molecule has 1 aromatic heterocycles. The molecule has 2 rings (SSSR count). The van der Waals surface area contributed by atoms with Crippen LogP contribution in [-0.2, 0) is 16.1 Å². The molecule has 1 aliphatic carbocycles. The van der Waals surface area contributed by atoms with E-state index in [0.717, 1.165) is 18.5 Å². The number of ketones is 1. The van der Waals surface area contributed by atoms with Gasteiger partial charge in [-0.2, -0.15) is 0 Å². The number of Topliss-reactive ketones (excluding diaryl/α,β-unsaturated/α-hetero) is 1. The van der Waals surface area contributed by atoms with Crippen LogP contribution in [0.25, 0.3) is 0 Å². The largest absolute Gasteiger partial charge is 0.461 e. The molecule has 26 heavy (non-hydrogen) atoms. The van der Waals surface area contributed by atoms with Gasteiger partial charge < -0.3 is 14.2 Å². The summed E-state index contributed by atoms with van der Waals surface area (Å²) >= 11 is 5.95. The van der Waals surface area contributed by atoms with Gasteiger partial charge in [-0.1, -0.05) is 0 Å². The first-order valence-electron chi connectivity index (χ1n) is 9.09. The van der Waals surface area contributed by atoms with Gasteiger partial charge in [-0.05, 0) is 53.0 Å². The minimum Gasteiger partial charge on any atom is -0.461 e. The molecule has 1 aromatic rings. The van der Waals surface area contributed by atoms with E-state index in [1.807, 2.05) is 13.8 Å². The van der Waals surface area contributed by atoms with Gasteiger partial charge in [0.1, 0.15) is 11.1 Å². The van der Waals surface area contributed by atoms with E-state index in [1.54, 1.807) is 30.2 Å². The van der Waals surface area contributed by atoms with Crippen LogP contribution in [0, 0.1) is 13.8 Å². The van der Waals surface area contributed by atoms with Crippen molar-refractivity contribution in [1.82, 2.24) is 9.47 Å². The number of aromatic nitrogens is 1. The highest BCUT2D eigenvalue weighted by atomic mass is 35.5. The predicted octanol–water partition coefficient (Wildman–Crippen LogP) is 3.10. The van der Waals surface area contributed by atoms with Crippen LogP contribution in [0.5, 0.6) is 0 Å². The quantitative estimate of drug-likeness (QED) is 0.393. The van der Waals surface area contributed by atoms with E-state index in [0.29, 0.717) is 23.4 Å². The lowest BCUT2D eigenvalue weighted by atomic mass is 10.0. The third-order valence-corrected chi connectivity index (χ3v) is 4.94. The Morgan fingerprint density at radius 3 is 2.35 bits per heavy atom. The molecule has 0 saturated heterocycles. The molecule has 0 aliphatic heterocycles. The van der Waals surface area contributed by atoms with Crippen molar-refractivity contribution in [1.29, 1.82) is 0 Å². The van der Waals surface area contributed by atoms with E-state index >= 15 is 0 Å². The van der Waals surface area contributed by atoms with Gasteiger partial charge in [0.25, 0.3) is 0 Å². The van der Waals surface area contributed by atoms with Gasteiger partial charge in [0, 0.05) is 23.8 Å². The maximum atomic E-state index is 13.0. The molecular formula is C19H27ClN2O4. The van der Waals surface area contributed by atoms with Crippen molar-refractivity contribution in [2.24, 2.45) is 0 Å². The number of nitrogens with zero attached hydrogens (tertiary/aromatic N) is 2. The van der Waals surface area contributed by atoms with E-state index in [4.69, 9.17) is 16.3 Å². The van der Waals surface area contributed by atoms with Gasteiger partial charge in [0.05, 0.1) is 13.2 Å². The number of alkyl halides is 1. The highest BCUT2D eigenvalue weighted by Gasteiger charge is 2.36. The van der Waals surface area contributed by atoms with Gasteiger partial charge in [-0.25, -0.2) is 4.79 Å². The standard InChI is InChI=1S/C19H27ClN2O4/c1-6-21-13(5)16(11(3)17(21)19(25)26-7-2)15(23)10-22(14-8-9-14)18(24)12(4)20/h12,14H,6-10H2,1-5H3/t12-/m1/s1. The van der Waals surface area contributed by atoms with Crippen molar-refractivity contribution in [3.63, 3.8) is 0 Å². The van der Waals surface area contributed by atoms with Crippen molar-refractivity contribution >= 4 is 29.3 Å². The molecule has 6 nitrogen and oxygen atoms in total. The second kappa shape index (κ2) is 8.25. The second-order valence-corrected chi connectivity index (χ2v) is 7.29. The molecule has 1 amide bonds. The minimum atomic E-state index is -0.666. The molecule has 1 aliphatic rings. The van der Waals surface area contributed by atoms with Crippen LogP contribution in [0.15, 0.2) is 0 Å². The minimum absolute atomic E-state index is 0.0156. The number of carbonyl (C=O) groups excluding carboxylic acids is 3. The number of carbonyl (C=O) groups is 3. The predicted molar refractivity (Wildman–Crippen MR) is 99.9 cm³/mol. The van der Waals surface area contributed by atoms with Crippen LogP contribution in [-0.4, -0.2) is 51.7 Å². The average molecular weight is 383 g/mol. The van der Waals surface area contributed by atoms with Crippen molar-refractivity contribution in [3.05, 3.63) is 22.5 Å². The first kappa shape index (κ1) is 20.5. The molecular weight excluding hydrogens is 356 g/mol. The molecule has 144 valence electrons. The highest BCUT2D eigenvalue weighted by molar-refractivity contribution is 6.30. The Hall–Kier alpha value is -1.82. The van der Waals surface area contributed by atoms with Gasteiger partial charge in [0.2, 0.25) is 5.91 Å². The fraction of sp³-hybridized carbons (Fsp3) is 0.632. The molecule has 1 atom stereocenters. The molecule has 0 radical (unpaired) electrons. The van der Waals surface area contributed by atoms with E-state index in [1.165, 1.54) is 0 Å². The third-order valence-electron chi connectivity index (χ3n) is 4.76. The van der Waals surface area contributed by atoms with Crippen molar-refractivity contribution in [3.8, 4) is 0 Å². The molecule has 0 unspecified atom stereocenters. The highest BCUT2D eigenvalue weighted by Crippen LogP contribution is 2.30. The van der Waals surface area contributed by atoms with Crippen molar-refractivity contribution < 1.29 is 19.1 Å². The summed E-state index contributed by atoms with van der Waals surface area (Å²) in [6, 6.07) is 0.0889. The zero-order valence-corrected chi connectivity index (χ0v) is 16.9. The topological polar surface area (TPSA) is 68.6 Å². The van der Waals surface area contributed by atoms with E-state index in [-0.39, 0.29) is 30.9 Å². The van der Waals surface area contributed by atoms with Crippen LogP contribution in [0.1, 0.15) is 65.7 Å². The van der Waals surface area contributed by atoms with E-state index < -0.39 is 11.3 Å². The molecule has 1 heterocycles. The first-order chi connectivity index (χ1) is 12.2. The third kappa shape index (κ3) is 3.95. The monoisotopic (exact) mass is 382 g/mol. The fourth-order valence-electron chi connectivity index (χ4n) is 3.40. The summed E-state index contributed by atoms with van der Waals surface area (Å²) < 4.78 is 6.94.